The van der Waals surface area contributed by atoms with Crippen molar-refractivity contribution >= 4 is 5.82 Å². The van der Waals surface area contributed by atoms with Crippen molar-refractivity contribution in [3.05, 3.63) is 49.1 Å². The first-order valence-corrected chi connectivity index (χ1v) is 8.90. The van der Waals surface area contributed by atoms with E-state index in [1.54, 1.807) is 24.8 Å². The van der Waals surface area contributed by atoms with Crippen molar-refractivity contribution in [2.45, 2.75) is 12.8 Å². The van der Waals surface area contributed by atoms with Crippen molar-refractivity contribution in [3.8, 4) is 22.9 Å². The van der Waals surface area contributed by atoms with Crippen molar-refractivity contribution in [2.24, 2.45) is 5.92 Å². The molecule has 0 radical (unpaired) electrons. The Labute approximate surface area is 152 Å². The van der Waals surface area contributed by atoms with Crippen LogP contribution in [0, 0.1) is 5.92 Å². The topological polar surface area (TPSA) is 88.5 Å². The molecule has 1 aliphatic heterocycles. The molecular formula is C19H21N7. The van der Waals surface area contributed by atoms with Crippen molar-refractivity contribution < 1.29 is 0 Å². The molecule has 4 heterocycles. The molecular weight excluding hydrogens is 326 g/mol. The molecule has 3 aromatic rings. The molecule has 7 heteroatoms. The molecule has 0 aliphatic carbocycles. The molecule has 26 heavy (non-hydrogen) atoms. The van der Waals surface area contributed by atoms with Crippen molar-refractivity contribution in [1.29, 1.82) is 0 Å². The van der Waals surface area contributed by atoms with Crippen LogP contribution in [0.25, 0.3) is 22.9 Å². The summed E-state index contributed by atoms with van der Waals surface area (Å²) in [6.45, 7) is 3.07. The lowest BCUT2D eigenvalue weighted by molar-refractivity contribution is 0.389. The minimum absolute atomic E-state index is 0.550. The maximum Gasteiger partial charge on any atom is 0.182 e. The first kappa shape index (κ1) is 16.5. The smallest absolute Gasteiger partial charge is 0.182 e. The maximum atomic E-state index is 4.65. The zero-order valence-electron chi connectivity index (χ0n) is 14.5. The summed E-state index contributed by atoms with van der Waals surface area (Å²) in [5.41, 5.74) is 2.23. The van der Waals surface area contributed by atoms with Crippen LogP contribution in [0.1, 0.15) is 12.8 Å². The second-order valence-electron chi connectivity index (χ2n) is 6.34. The summed E-state index contributed by atoms with van der Waals surface area (Å²) in [6, 6.07) is 7.74. The molecule has 0 spiro atoms. The lowest BCUT2D eigenvalue weighted by atomic mass is 9.98. The number of nitrogens with zero attached hydrogens (tertiary/aromatic N) is 5. The van der Waals surface area contributed by atoms with Gasteiger partial charge in [0.05, 0.1) is 17.6 Å². The normalized spacial score (nSPS) is 14.9. The fourth-order valence-corrected chi connectivity index (χ4v) is 3.05. The standard InChI is InChI=1S/C19H21N7/c1-2-6-22-15(3-1)16-11-18(24-12-14-4-7-20-8-5-14)26-19(25-16)17-13-21-9-10-23-17/h1-3,6,9-11,13-14,20H,4-5,7-8,12H2,(H,24,25,26). The summed E-state index contributed by atoms with van der Waals surface area (Å²) in [4.78, 5) is 22.2. The lowest BCUT2D eigenvalue weighted by Gasteiger charge is -2.23. The van der Waals surface area contributed by atoms with Crippen LogP contribution in [0.2, 0.25) is 0 Å². The van der Waals surface area contributed by atoms with Gasteiger partial charge >= 0.3 is 0 Å². The molecule has 0 atom stereocenters. The van der Waals surface area contributed by atoms with E-state index in [0.717, 1.165) is 36.8 Å². The molecule has 1 aliphatic rings. The first-order valence-electron chi connectivity index (χ1n) is 8.90. The van der Waals surface area contributed by atoms with Gasteiger partial charge < -0.3 is 10.6 Å². The third-order valence-electron chi connectivity index (χ3n) is 4.48. The Morgan fingerprint density at radius 3 is 2.62 bits per heavy atom. The first-order chi connectivity index (χ1) is 12.9. The van der Waals surface area contributed by atoms with Crippen LogP contribution in [-0.4, -0.2) is 44.6 Å². The predicted molar refractivity (Wildman–Crippen MR) is 100 cm³/mol. The minimum atomic E-state index is 0.550. The number of pyridine rings is 1. The van der Waals surface area contributed by atoms with Crippen LogP contribution in [0.5, 0.6) is 0 Å². The highest BCUT2D eigenvalue weighted by Gasteiger charge is 2.14. The van der Waals surface area contributed by atoms with Gasteiger partial charge in [-0.25, -0.2) is 15.0 Å². The zero-order valence-corrected chi connectivity index (χ0v) is 14.5. The van der Waals surface area contributed by atoms with Gasteiger partial charge in [0.2, 0.25) is 0 Å². The van der Waals surface area contributed by atoms with Gasteiger partial charge in [0, 0.05) is 31.2 Å². The molecule has 7 nitrogen and oxygen atoms in total. The molecule has 1 fully saturated rings. The molecule has 0 aromatic carbocycles. The fourth-order valence-electron chi connectivity index (χ4n) is 3.05. The summed E-state index contributed by atoms with van der Waals surface area (Å²) < 4.78 is 0. The zero-order chi connectivity index (χ0) is 17.6. The number of nitrogens with one attached hydrogen (secondary N) is 2. The molecule has 132 valence electrons. The number of hydrogen-bond donors (Lipinski definition) is 2. The van der Waals surface area contributed by atoms with Crippen LogP contribution in [0.4, 0.5) is 5.82 Å². The second kappa shape index (κ2) is 7.97. The monoisotopic (exact) mass is 347 g/mol. The molecule has 0 amide bonds. The quantitative estimate of drug-likeness (QED) is 0.732. The number of anilines is 1. The second-order valence-corrected chi connectivity index (χ2v) is 6.34. The van der Waals surface area contributed by atoms with Gasteiger partial charge in [-0.2, -0.15) is 0 Å². The average molecular weight is 347 g/mol. The van der Waals surface area contributed by atoms with Gasteiger partial charge in [-0.05, 0) is 44.0 Å². The Balaban J connectivity index is 1.64. The Hall–Kier alpha value is -2.93. The number of piperidine rings is 1. The van der Waals surface area contributed by atoms with E-state index in [1.807, 2.05) is 24.3 Å². The van der Waals surface area contributed by atoms with Gasteiger partial charge in [-0.1, -0.05) is 6.07 Å². The van der Waals surface area contributed by atoms with Crippen molar-refractivity contribution in [3.63, 3.8) is 0 Å². The highest BCUT2D eigenvalue weighted by Crippen LogP contribution is 2.22. The van der Waals surface area contributed by atoms with E-state index in [4.69, 9.17) is 0 Å². The molecule has 4 rings (SSSR count). The third-order valence-corrected chi connectivity index (χ3v) is 4.48. The Bertz CT molecular complexity index is 775. The third kappa shape index (κ3) is 4.00. The highest BCUT2D eigenvalue weighted by atomic mass is 15.0. The van der Waals surface area contributed by atoms with Gasteiger partial charge in [0.1, 0.15) is 11.5 Å². The van der Waals surface area contributed by atoms with Crippen LogP contribution >= 0.6 is 0 Å². The molecule has 2 N–H and O–H groups in total. The fraction of sp³-hybridized carbons (Fsp3) is 0.316. The summed E-state index contributed by atoms with van der Waals surface area (Å²) in [7, 11) is 0. The van der Waals surface area contributed by atoms with E-state index in [9.17, 15) is 0 Å². The summed E-state index contributed by atoms with van der Waals surface area (Å²) in [5.74, 6) is 2.00. The van der Waals surface area contributed by atoms with Crippen LogP contribution in [-0.2, 0) is 0 Å². The lowest BCUT2D eigenvalue weighted by Crippen LogP contribution is -2.31. The number of hydrogen-bond acceptors (Lipinski definition) is 7. The Morgan fingerprint density at radius 1 is 0.962 bits per heavy atom. The molecule has 3 aromatic heterocycles. The number of rotatable bonds is 5. The molecule has 1 saturated heterocycles. The van der Waals surface area contributed by atoms with E-state index in [1.165, 1.54) is 12.8 Å². The molecule has 0 saturated carbocycles. The molecule has 0 unspecified atom stereocenters. The van der Waals surface area contributed by atoms with Gasteiger partial charge in [0.15, 0.2) is 5.82 Å². The van der Waals surface area contributed by atoms with Gasteiger partial charge in [-0.3, -0.25) is 9.97 Å². The summed E-state index contributed by atoms with van der Waals surface area (Å²) in [5, 5.41) is 6.88. The summed E-state index contributed by atoms with van der Waals surface area (Å²) in [6.07, 6.45) is 9.09. The van der Waals surface area contributed by atoms with Crippen molar-refractivity contribution in [2.75, 3.05) is 25.0 Å². The van der Waals surface area contributed by atoms with Crippen LogP contribution in [0.15, 0.2) is 49.1 Å². The van der Waals surface area contributed by atoms with E-state index in [0.29, 0.717) is 17.4 Å². The number of aromatic nitrogens is 5. The maximum absolute atomic E-state index is 4.65. The van der Waals surface area contributed by atoms with Crippen LogP contribution < -0.4 is 10.6 Å². The summed E-state index contributed by atoms with van der Waals surface area (Å²) >= 11 is 0. The van der Waals surface area contributed by atoms with Crippen molar-refractivity contribution in [1.82, 2.24) is 30.2 Å². The largest absolute Gasteiger partial charge is 0.370 e. The van der Waals surface area contributed by atoms with Gasteiger partial charge in [-0.15, -0.1) is 0 Å². The van der Waals surface area contributed by atoms with Crippen LogP contribution in [0.3, 0.4) is 0 Å². The predicted octanol–water partition coefficient (Wildman–Crippen LogP) is 2.41. The highest BCUT2D eigenvalue weighted by molar-refractivity contribution is 5.63. The van der Waals surface area contributed by atoms with Gasteiger partial charge in [0.25, 0.3) is 0 Å². The van der Waals surface area contributed by atoms with E-state index in [-0.39, 0.29) is 0 Å². The molecule has 0 bridgehead atoms. The van der Waals surface area contributed by atoms with E-state index >= 15 is 0 Å². The van der Waals surface area contributed by atoms with E-state index < -0.39 is 0 Å². The average Bonchev–Trinajstić information content (AvgIpc) is 2.74. The van der Waals surface area contributed by atoms with E-state index in [2.05, 4.69) is 35.6 Å². The minimum Gasteiger partial charge on any atom is -0.370 e. The Morgan fingerprint density at radius 2 is 1.85 bits per heavy atom. The Kier molecular flexibility index (Phi) is 5.07. The SMILES string of the molecule is c1ccc(-c2cc(NCC3CCNCC3)nc(-c3cnccn3)n2)nc1.